The van der Waals surface area contributed by atoms with E-state index in [1.54, 1.807) is 0 Å². The van der Waals surface area contributed by atoms with Crippen molar-refractivity contribution in [2.24, 2.45) is 5.41 Å². The molecule has 2 N–H and O–H groups in total. The van der Waals surface area contributed by atoms with E-state index in [1.165, 1.54) is 0 Å². The third kappa shape index (κ3) is 4.74. The predicted octanol–water partition coefficient (Wildman–Crippen LogP) is 2.74. The van der Waals surface area contributed by atoms with Gasteiger partial charge < -0.3 is 15.2 Å². The summed E-state index contributed by atoms with van der Waals surface area (Å²) in [6.07, 6.45) is 0.652. The fourth-order valence-electron chi connectivity index (χ4n) is 2.19. The van der Waals surface area contributed by atoms with Gasteiger partial charge in [0.25, 0.3) is 5.91 Å². The summed E-state index contributed by atoms with van der Waals surface area (Å²) >= 11 is 0. The molecule has 0 bridgehead atoms. The molecule has 1 amide bonds. The molecule has 22 heavy (non-hydrogen) atoms. The first-order valence-electron chi connectivity index (χ1n) is 7.49. The number of hydrogen-bond donors (Lipinski definition) is 2. The summed E-state index contributed by atoms with van der Waals surface area (Å²) in [7, 11) is 0. The number of fused-ring (bicyclic) bond motifs is 1. The van der Waals surface area contributed by atoms with E-state index >= 15 is 0 Å². The van der Waals surface area contributed by atoms with E-state index in [4.69, 9.17) is 9.84 Å². The molecule has 0 heterocycles. The van der Waals surface area contributed by atoms with Gasteiger partial charge in [-0.25, -0.2) is 0 Å². The predicted molar refractivity (Wildman–Crippen MR) is 87.9 cm³/mol. The van der Waals surface area contributed by atoms with Gasteiger partial charge in [-0.05, 0) is 34.7 Å². The highest BCUT2D eigenvalue weighted by molar-refractivity contribution is 5.84. The minimum Gasteiger partial charge on any atom is -0.484 e. The van der Waals surface area contributed by atoms with Crippen molar-refractivity contribution in [1.82, 2.24) is 5.32 Å². The number of carbonyl (C=O) groups is 1. The van der Waals surface area contributed by atoms with Crippen molar-refractivity contribution in [3.05, 3.63) is 42.5 Å². The number of amides is 1. The van der Waals surface area contributed by atoms with Crippen LogP contribution in [0.15, 0.2) is 42.5 Å². The van der Waals surface area contributed by atoms with Gasteiger partial charge in [0.15, 0.2) is 6.61 Å². The molecule has 0 aliphatic rings. The standard InChI is InChI=1S/C18H23NO3/c1-18(2,9-10-20)13-19-17(21)12-22-16-8-7-14-5-3-4-6-15(14)11-16/h3-8,11,20H,9-10,12-13H2,1-2H3,(H,19,21). The van der Waals surface area contributed by atoms with Crippen molar-refractivity contribution in [3.63, 3.8) is 0 Å². The molecule has 0 fully saturated rings. The lowest BCUT2D eigenvalue weighted by molar-refractivity contribution is -0.123. The summed E-state index contributed by atoms with van der Waals surface area (Å²) in [6, 6.07) is 13.8. The van der Waals surface area contributed by atoms with Crippen LogP contribution in [0.3, 0.4) is 0 Å². The molecule has 4 nitrogen and oxygen atoms in total. The van der Waals surface area contributed by atoms with Crippen LogP contribution in [0.5, 0.6) is 5.75 Å². The highest BCUT2D eigenvalue weighted by Crippen LogP contribution is 2.20. The first-order chi connectivity index (χ1) is 10.5. The zero-order valence-electron chi connectivity index (χ0n) is 13.1. The Hall–Kier alpha value is -2.07. The molecule has 0 saturated carbocycles. The molecule has 2 aromatic carbocycles. The molecule has 2 aromatic rings. The van der Waals surface area contributed by atoms with Crippen LogP contribution in [-0.2, 0) is 4.79 Å². The Morgan fingerprint density at radius 3 is 2.64 bits per heavy atom. The highest BCUT2D eigenvalue weighted by atomic mass is 16.5. The van der Waals surface area contributed by atoms with Crippen molar-refractivity contribution in [2.45, 2.75) is 20.3 Å². The second-order valence-electron chi connectivity index (χ2n) is 6.21. The molecule has 118 valence electrons. The van der Waals surface area contributed by atoms with E-state index in [1.807, 2.05) is 56.3 Å². The third-order valence-electron chi connectivity index (χ3n) is 3.64. The molecule has 4 heteroatoms. The van der Waals surface area contributed by atoms with Gasteiger partial charge in [0.1, 0.15) is 5.75 Å². The summed E-state index contributed by atoms with van der Waals surface area (Å²) in [5.74, 6) is 0.530. The van der Waals surface area contributed by atoms with Crippen molar-refractivity contribution in [1.29, 1.82) is 0 Å². The van der Waals surface area contributed by atoms with Gasteiger partial charge in [-0.15, -0.1) is 0 Å². The summed E-state index contributed by atoms with van der Waals surface area (Å²) < 4.78 is 5.54. The van der Waals surface area contributed by atoms with Crippen LogP contribution in [0, 0.1) is 5.41 Å². The number of aliphatic hydroxyl groups is 1. The molecule has 2 rings (SSSR count). The quantitative estimate of drug-likeness (QED) is 0.826. The molecule has 0 aliphatic carbocycles. The molecule has 0 spiro atoms. The maximum Gasteiger partial charge on any atom is 0.257 e. The average molecular weight is 301 g/mol. The Kier molecular flexibility index (Phi) is 5.39. The second kappa shape index (κ2) is 7.27. The first-order valence-corrected chi connectivity index (χ1v) is 7.49. The number of ether oxygens (including phenoxy) is 1. The van der Waals surface area contributed by atoms with Crippen molar-refractivity contribution in [3.8, 4) is 5.75 Å². The van der Waals surface area contributed by atoms with Gasteiger partial charge in [-0.2, -0.15) is 0 Å². The highest BCUT2D eigenvalue weighted by Gasteiger charge is 2.18. The maximum absolute atomic E-state index is 11.8. The second-order valence-corrected chi connectivity index (χ2v) is 6.21. The van der Waals surface area contributed by atoms with Crippen LogP contribution in [0.25, 0.3) is 10.8 Å². The Morgan fingerprint density at radius 2 is 1.91 bits per heavy atom. The fourth-order valence-corrected chi connectivity index (χ4v) is 2.19. The largest absolute Gasteiger partial charge is 0.484 e. The third-order valence-corrected chi connectivity index (χ3v) is 3.64. The molecular weight excluding hydrogens is 278 g/mol. The minimum absolute atomic E-state index is 0.00640. The summed E-state index contributed by atoms with van der Waals surface area (Å²) in [5.41, 5.74) is -0.118. The van der Waals surface area contributed by atoms with Gasteiger partial charge in [-0.1, -0.05) is 44.2 Å². The number of benzene rings is 2. The smallest absolute Gasteiger partial charge is 0.257 e. The van der Waals surface area contributed by atoms with E-state index in [9.17, 15) is 4.79 Å². The lowest BCUT2D eigenvalue weighted by atomic mass is 9.90. The molecule has 0 aromatic heterocycles. The summed E-state index contributed by atoms with van der Waals surface area (Å²) in [4.78, 5) is 11.8. The zero-order chi connectivity index (χ0) is 16.0. The summed E-state index contributed by atoms with van der Waals surface area (Å²) in [5, 5.41) is 14.0. The SMILES string of the molecule is CC(C)(CCO)CNC(=O)COc1ccc2ccccc2c1. The van der Waals surface area contributed by atoms with Crippen LogP contribution in [-0.4, -0.2) is 30.8 Å². The normalized spacial score (nSPS) is 11.4. The zero-order valence-corrected chi connectivity index (χ0v) is 13.1. The van der Waals surface area contributed by atoms with E-state index in [2.05, 4.69) is 5.32 Å². The van der Waals surface area contributed by atoms with E-state index < -0.39 is 0 Å². The van der Waals surface area contributed by atoms with Gasteiger partial charge in [0.05, 0.1) is 0 Å². The van der Waals surface area contributed by atoms with Crippen molar-refractivity contribution < 1.29 is 14.6 Å². The average Bonchev–Trinajstić information content (AvgIpc) is 2.51. The first kappa shape index (κ1) is 16.3. The number of carbonyl (C=O) groups excluding carboxylic acids is 1. The minimum atomic E-state index is -0.154. The van der Waals surface area contributed by atoms with Gasteiger partial charge in [-0.3, -0.25) is 4.79 Å². The molecule has 0 aliphatic heterocycles. The van der Waals surface area contributed by atoms with Crippen molar-refractivity contribution in [2.75, 3.05) is 19.8 Å². The fraction of sp³-hybridized carbons (Fsp3) is 0.389. The number of nitrogens with one attached hydrogen (secondary N) is 1. The molecule has 0 unspecified atom stereocenters. The monoisotopic (exact) mass is 301 g/mol. The van der Waals surface area contributed by atoms with Crippen molar-refractivity contribution >= 4 is 16.7 Å². The summed E-state index contributed by atoms with van der Waals surface area (Å²) in [6.45, 7) is 4.65. The van der Waals surface area contributed by atoms with Crippen LogP contribution < -0.4 is 10.1 Å². The van der Waals surface area contributed by atoms with E-state index in [0.717, 1.165) is 10.8 Å². The van der Waals surface area contributed by atoms with Gasteiger partial charge >= 0.3 is 0 Å². The Balaban J connectivity index is 1.85. The Morgan fingerprint density at radius 1 is 1.18 bits per heavy atom. The molecule has 0 saturated heterocycles. The number of hydrogen-bond acceptors (Lipinski definition) is 3. The molecule has 0 atom stereocenters. The van der Waals surface area contributed by atoms with Crippen LogP contribution >= 0.6 is 0 Å². The topological polar surface area (TPSA) is 58.6 Å². The Labute approximate surface area is 131 Å². The lowest BCUT2D eigenvalue weighted by Gasteiger charge is -2.23. The lowest BCUT2D eigenvalue weighted by Crippen LogP contribution is -2.37. The molecule has 0 radical (unpaired) electrons. The number of rotatable bonds is 7. The van der Waals surface area contributed by atoms with Crippen LogP contribution in [0.2, 0.25) is 0 Å². The van der Waals surface area contributed by atoms with E-state index in [-0.39, 0.29) is 24.5 Å². The Bertz CT molecular complexity index is 637. The van der Waals surface area contributed by atoms with E-state index in [0.29, 0.717) is 18.7 Å². The molecular formula is C18H23NO3. The van der Waals surface area contributed by atoms with Gasteiger partial charge in [0, 0.05) is 13.2 Å². The van der Waals surface area contributed by atoms with Crippen LogP contribution in [0.4, 0.5) is 0 Å². The van der Waals surface area contributed by atoms with Crippen LogP contribution in [0.1, 0.15) is 20.3 Å². The maximum atomic E-state index is 11.8. The van der Waals surface area contributed by atoms with Gasteiger partial charge in [0.2, 0.25) is 0 Å². The number of aliphatic hydroxyl groups excluding tert-OH is 1.